The molecule has 4 aromatic rings. The standard InChI is InChI=1S/C23H15F9N6/c1-20(2,15-7-4-8-17(35-15)38-10-9-16(37-38)21(24,25)26)14-6-3-5-13(34-14)12-11-33-19(23(30,31)32)36-18(12)22(27,28)29/h3-11H,1-2H3. The zero-order valence-corrected chi connectivity index (χ0v) is 19.3. The monoisotopic (exact) mass is 546 g/mol. The van der Waals surface area contributed by atoms with Gasteiger partial charge < -0.3 is 0 Å². The normalized spacial score (nSPS) is 13.1. The summed E-state index contributed by atoms with van der Waals surface area (Å²) in [6, 6.07) is 9.20. The van der Waals surface area contributed by atoms with Crippen LogP contribution in [0.5, 0.6) is 0 Å². The molecule has 4 heterocycles. The molecule has 0 aliphatic carbocycles. The van der Waals surface area contributed by atoms with Crippen molar-refractivity contribution in [3.63, 3.8) is 0 Å². The molecule has 0 saturated heterocycles. The molecule has 6 nitrogen and oxygen atoms in total. The summed E-state index contributed by atoms with van der Waals surface area (Å²) in [5.74, 6) is -1.91. The summed E-state index contributed by atoms with van der Waals surface area (Å²) in [6.45, 7) is 3.23. The van der Waals surface area contributed by atoms with Crippen LogP contribution in [-0.2, 0) is 23.9 Å². The fourth-order valence-corrected chi connectivity index (χ4v) is 3.49. The lowest BCUT2D eigenvalue weighted by atomic mass is 9.84. The Morgan fingerprint density at radius 1 is 0.658 bits per heavy atom. The molecule has 4 rings (SSSR count). The van der Waals surface area contributed by atoms with Gasteiger partial charge in [0.05, 0.1) is 17.1 Å². The van der Waals surface area contributed by atoms with E-state index >= 15 is 0 Å². The Labute approximate surface area is 208 Å². The predicted molar refractivity (Wildman–Crippen MR) is 114 cm³/mol. The lowest BCUT2D eigenvalue weighted by Crippen LogP contribution is -2.23. The van der Waals surface area contributed by atoms with Crippen molar-refractivity contribution in [2.24, 2.45) is 0 Å². The van der Waals surface area contributed by atoms with Crippen molar-refractivity contribution < 1.29 is 39.5 Å². The molecule has 0 bridgehead atoms. The van der Waals surface area contributed by atoms with Crippen LogP contribution in [0.1, 0.15) is 42.4 Å². The number of hydrogen-bond donors (Lipinski definition) is 0. The first-order valence-corrected chi connectivity index (χ1v) is 10.6. The minimum absolute atomic E-state index is 0.0396. The summed E-state index contributed by atoms with van der Waals surface area (Å²) in [5, 5.41) is 3.47. The maximum atomic E-state index is 13.6. The van der Waals surface area contributed by atoms with Crippen molar-refractivity contribution in [2.75, 3.05) is 0 Å². The summed E-state index contributed by atoms with van der Waals surface area (Å²) in [5.41, 5.74) is -4.69. The average molecular weight is 546 g/mol. The number of alkyl halides is 9. The molecule has 0 fully saturated rings. The van der Waals surface area contributed by atoms with Gasteiger partial charge in [-0.05, 0) is 44.2 Å². The van der Waals surface area contributed by atoms with Crippen molar-refractivity contribution in [3.8, 4) is 17.1 Å². The Hall–Kier alpha value is -4.04. The molecule has 0 aliphatic heterocycles. The highest BCUT2D eigenvalue weighted by atomic mass is 19.4. The molecular weight excluding hydrogens is 531 g/mol. The fourth-order valence-electron chi connectivity index (χ4n) is 3.49. The summed E-state index contributed by atoms with van der Waals surface area (Å²) in [6.07, 6.45) is -13.6. The molecule has 0 saturated carbocycles. The van der Waals surface area contributed by atoms with Crippen LogP contribution in [0.2, 0.25) is 0 Å². The Morgan fingerprint density at radius 3 is 1.87 bits per heavy atom. The number of aromatic nitrogens is 6. The molecule has 0 N–H and O–H groups in total. The Bertz CT molecular complexity index is 1470. The van der Waals surface area contributed by atoms with Gasteiger partial charge in [0, 0.05) is 23.4 Å². The molecule has 4 aromatic heterocycles. The number of hydrogen-bond acceptors (Lipinski definition) is 5. The number of halogens is 9. The van der Waals surface area contributed by atoms with E-state index in [2.05, 4.69) is 25.0 Å². The van der Waals surface area contributed by atoms with Crippen LogP contribution >= 0.6 is 0 Å². The molecule has 200 valence electrons. The van der Waals surface area contributed by atoms with Crippen LogP contribution in [0.3, 0.4) is 0 Å². The summed E-state index contributed by atoms with van der Waals surface area (Å²) < 4.78 is 119. The number of nitrogens with zero attached hydrogens (tertiary/aromatic N) is 6. The number of rotatable bonds is 4. The first kappa shape index (κ1) is 27.0. The van der Waals surface area contributed by atoms with Crippen molar-refractivity contribution in [3.05, 3.63) is 83.5 Å². The van der Waals surface area contributed by atoms with Gasteiger partial charge in [-0.25, -0.2) is 19.6 Å². The molecule has 38 heavy (non-hydrogen) atoms. The Kier molecular flexibility index (Phi) is 6.44. The van der Waals surface area contributed by atoms with Gasteiger partial charge in [0.1, 0.15) is 0 Å². The van der Waals surface area contributed by atoms with E-state index in [1.165, 1.54) is 30.3 Å². The summed E-state index contributed by atoms with van der Waals surface area (Å²) in [4.78, 5) is 14.3. The minimum atomic E-state index is -5.24. The van der Waals surface area contributed by atoms with Crippen molar-refractivity contribution >= 4 is 0 Å². The Balaban J connectivity index is 1.76. The minimum Gasteiger partial charge on any atom is -0.252 e. The summed E-state index contributed by atoms with van der Waals surface area (Å²) >= 11 is 0. The smallest absolute Gasteiger partial charge is 0.252 e. The van der Waals surface area contributed by atoms with Crippen LogP contribution in [0.4, 0.5) is 39.5 Å². The van der Waals surface area contributed by atoms with Crippen LogP contribution in [0, 0.1) is 0 Å². The third kappa shape index (κ3) is 5.31. The highest BCUT2D eigenvalue weighted by Crippen LogP contribution is 2.38. The SMILES string of the molecule is CC(C)(c1cccc(-c2cnc(C(F)(F)F)nc2C(F)(F)F)n1)c1cccc(-n2ccc(C(F)(F)F)n2)n1. The zero-order valence-electron chi connectivity index (χ0n) is 19.3. The molecule has 0 atom stereocenters. The van der Waals surface area contributed by atoms with Gasteiger partial charge in [0.25, 0.3) is 0 Å². The van der Waals surface area contributed by atoms with E-state index in [1.54, 1.807) is 13.8 Å². The predicted octanol–water partition coefficient (Wildman–Crippen LogP) is 6.50. The van der Waals surface area contributed by atoms with Crippen molar-refractivity contribution in [1.29, 1.82) is 0 Å². The first-order chi connectivity index (χ1) is 17.5. The lowest BCUT2D eigenvalue weighted by Gasteiger charge is -2.25. The maximum absolute atomic E-state index is 13.6. The van der Waals surface area contributed by atoms with Gasteiger partial charge in [-0.1, -0.05) is 12.1 Å². The first-order valence-electron chi connectivity index (χ1n) is 10.6. The molecule has 0 amide bonds. The summed E-state index contributed by atoms with van der Waals surface area (Å²) in [7, 11) is 0. The molecule has 0 aliphatic rings. The second-order valence-corrected chi connectivity index (χ2v) is 8.51. The van der Waals surface area contributed by atoms with E-state index in [-0.39, 0.29) is 22.9 Å². The molecule has 15 heteroatoms. The van der Waals surface area contributed by atoms with E-state index in [4.69, 9.17) is 0 Å². The maximum Gasteiger partial charge on any atom is 0.451 e. The van der Waals surface area contributed by atoms with Gasteiger partial charge in [-0.3, -0.25) is 4.98 Å². The third-order valence-corrected chi connectivity index (χ3v) is 5.47. The Morgan fingerprint density at radius 2 is 1.29 bits per heavy atom. The third-order valence-electron chi connectivity index (χ3n) is 5.47. The van der Waals surface area contributed by atoms with Crippen LogP contribution in [-0.4, -0.2) is 29.7 Å². The molecule has 0 radical (unpaired) electrons. The zero-order chi connectivity index (χ0) is 28.1. The van der Waals surface area contributed by atoms with Crippen molar-refractivity contribution in [2.45, 2.75) is 37.8 Å². The van der Waals surface area contributed by atoms with Crippen LogP contribution in [0.25, 0.3) is 17.1 Å². The second kappa shape index (κ2) is 9.06. The quantitative estimate of drug-likeness (QED) is 0.274. The average Bonchev–Trinajstić information content (AvgIpc) is 3.34. The van der Waals surface area contributed by atoms with Crippen LogP contribution < -0.4 is 0 Å². The van der Waals surface area contributed by atoms with Gasteiger partial charge >= 0.3 is 18.5 Å². The highest BCUT2D eigenvalue weighted by Gasteiger charge is 2.42. The highest BCUT2D eigenvalue weighted by molar-refractivity contribution is 5.62. The van der Waals surface area contributed by atoms with E-state index in [0.29, 0.717) is 6.20 Å². The van der Waals surface area contributed by atoms with Gasteiger partial charge in [0.15, 0.2) is 17.2 Å². The van der Waals surface area contributed by atoms with Gasteiger partial charge in [-0.15, -0.1) is 0 Å². The molecular formula is C23H15F9N6. The van der Waals surface area contributed by atoms with E-state index in [9.17, 15) is 39.5 Å². The van der Waals surface area contributed by atoms with E-state index in [1.807, 2.05) is 0 Å². The van der Waals surface area contributed by atoms with Crippen LogP contribution in [0.15, 0.2) is 54.9 Å². The molecule has 0 unspecified atom stereocenters. The second-order valence-electron chi connectivity index (χ2n) is 8.51. The van der Waals surface area contributed by atoms with Crippen molar-refractivity contribution in [1.82, 2.24) is 29.7 Å². The van der Waals surface area contributed by atoms with E-state index < -0.39 is 46.7 Å². The topological polar surface area (TPSA) is 69.4 Å². The molecule has 0 aromatic carbocycles. The van der Waals surface area contributed by atoms with E-state index in [0.717, 1.165) is 23.0 Å². The fraction of sp³-hybridized carbons (Fsp3) is 0.261. The van der Waals surface area contributed by atoms with Gasteiger partial charge in [-0.2, -0.15) is 44.6 Å². The van der Waals surface area contributed by atoms with Gasteiger partial charge in [0.2, 0.25) is 5.82 Å². The lowest BCUT2D eigenvalue weighted by molar-refractivity contribution is -0.152. The molecule has 0 spiro atoms. The largest absolute Gasteiger partial charge is 0.451 e. The number of pyridine rings is 2.